The van der Waals surface area contributed by atoms with Gasteiger partial charge in [0.1, 0.15) is 12.1 Å². The Bertz CT molecular complexity index is 980. The van der Waals surface area contributed by atoms with Gasteiger partial charge in [-0.1, -0.05) is 17.7 Å². The molecule has 3 aromatic rings. The predicted molar refractivity (Wildman–Crippen MR) is 110 cm³/mol. The van der Waals surface area contributed by atoms with Gasteiger partial charge >= 0.3 is 6.03 Å². The van der Waals surface area contributed by atoms with Crippen LogP contribution in [0.5, 0.6) is 0 Å². The molecule has 2 heterocycles. The minimum absolute atomic E-state index is 0.236. The van der Waals surface area contributed by atoms with Crippen molar-refractivity contribution in [3.05, 3.63) is 59.2 Å². The Morgan fingerprint density at radius 1 is 1.04 bits per heavy atom. The van der Waals surface area contributed by atoms with E-state index in [2.05, 4.69) is 31.0 Å². The molecule has 0 saturated carbocycles. The molecule has 0 aliphatic heterocycles. The monoisotopic (exact) mass is 379 g/mol. The van der Waals surface area contributed by atoms with Crippen LogP contribution in [0.1, 0.15) is 22.5 Å². The largest absolute Gasteiger partial charge is 0.368 e. The molecular formula is C20H25N7O. The van der Waals surface area contributed by atoms with Gasteiger partial charge in [-0.15, -0.1) is 0 Å². The van der Waals surface area contributed by atoms with Crippen LogP contribution in [0.4, 0.5) is 16.3 Å². The first-order valence-corrected chi connectivity index (χ1v) is 9.14. The lowest BCUT2D eigenvalue weighted by molar-refractivity contribution is 0.252. The first-order valence-electron chi connectivity index (χ1n) is 9.14. The number of carbonyl (C=O) groups is 1. The molecule has 1 aromatic carbocycles. The van der Waals surface area contributed by atoms with Crippen molar-refractivity contribution in [1.82, 2.24) is 25.1 Å². The van der Waals surface area contributed by atoms with E-state index in [0.717, 1.165) is 28.2 Å². The zero-order valence-electron chi connectivity index (χ0n) is 16.6. The zero-order chi connectivity index (χ0) is 20.1. The number of anilines is 2. The fourth-order valence-corrected chi connectivity index (χ4v) is 2.91. The summed E-state index contributed by atoms with van der Waals surface area (Å²) in [5, 5.41) is 13.3. The number of aromatic nitrogens is 4. The van der Waals surface area contributed by atoms with E-state index < -0.39 is 0 Å². The molecule has 28 heavy (non-hydrogen) atoms. The lowest BCUT2D eigenvalue weighted by atomic mass is 10.1. The van der Waals surface area contributed by atoms with E-state index in [1.165, 1.54) is 6.33 Å². The smallest absolute Gasteiger partial charge is 0.319 e. The van der Waals surface area contributed by atoms with Crippen molar-refractivity contribution in [3.8, 4) is 5.82 Å². The number of carbonyl (C=O) groups excluding carboxylic acids is 1. The summed E-state index contributed by atoms with van der Waals surface area (Å²) < 4.78 is 1.78. The van der Waals surface area contributed by atoms with E-state index in [-0.39, 0.29) is 6.03 Å². The highest BCUT2D eigenvalue weighted by atomic mass is 16.2. The van der Waals surface area contributed by atoms with E-state index in [1.54, 1.807) is 4.68 Å². The van der Waals surface area contributed by atoms with Crippen LogP contribution in [0.2, 0.25) is 0 Å². The van der Waals surface area contributed by atoms with Gasteiger partial charge < -0.3 is 16.0 Å². The molecule has 0 fully saturated rings. The molecule has 8 nitrogen and oxygen atoms in total. The third kappa shape index (κ3) is 4.85. The van der Waals surface area contributed by atoms with Crippen LogP contribution in [-0.2, 0) is 0 Å². The lowest BCUT2D eigenvalue weighted by Crippen LogP contribution is -2.33. The average molecular weight is 379 g/mol. The lowest BCUT2D eigenvalue weighted by Gasteiger charge is -2.11. The SMILES string of the molecule is Cc1ccc(NC(=O)NCCNc2cc(-n3nc(C)cc3C)ncn2)c(C)c1. The van der Waals surface area contributed by atoms with Crippen LogP contribution < -0.4 is 16.0 Å². The molecule has 3 N–H and O–H groups in total. The number of nitrogens with zero attached hydrogens (tertiary/aromatic N) is 4. The Balaban J connectivity index is 1.49. The van der Waals surface area contributed by atoms with Gasteiger partial charge in [0.2, 0.25) is 0 Å². The maximum atomic E-state index is 12.1. The fraction of sp³-hybridized carbons (Fsp3) is 0.300. The summed E-state index contributed by atoms with van der Waals surface area (Å²) >= 11 is 0. The molecule has 8 heteroatoms. The van der Waals surface area contributed by atoms with E-state index in [4.69, 9.17) is 0 Å². The van der Waals surface area contributed by atoms with Gasteiger partial charge in [-0.05, 0) is 45.4 Å². The van der Waals surface area contributed by atoms with Crippen LogP contribution in [0.25, 0.3) is 5.82 Å². The third-order valence-corrected chi connectivity index (χ3v) is 4.23. The summed E-state index contributed by atoms with van der Waals surface area (Å²) in [5.41, 5.74) is 4.95. The molecule has 2 aromatic heterocycles. The summed E-state index contributed by atoms with van der Waals surface area (Å²) in [6, 6.07) is 9.50. The highest BCUT2D eigenvalue weighted by molar-refractivity contribution is 5.90. The molecule has 0 radical (unpaired) electrons. The van der Waals surface area contributed by atoms with Crippen molar-refractivity contribution in [2.24, 2.45) is 0 Å². The number of nitrogens with one attached hydrogen (secondary N) is 3. The number of hydrogen-bond donors (Lipinski definition) is 3. The minimum Gasteiger partial charge on any atom is -0.368 e. The average Bonchev–Trinajstić information content (AvgIpc) is 3.00. The van der Waals surface area contributed by atoms with Crippen LogP contribution in [0, 0.1) is 27.7 Å². The van der Waals surface area contributed by atoms with E-state index >= 15 is 0 Å². The van der Waals surface area contributed by atoms with Crippen molar-refractivity contribution in [3.63, 3.8) is 0 Å². The van der Waals surface area contributed by atoms with E-state index in [1.807, 2.05) is 58.0 Å². The van der Waals surface area contributed by atoms with Crippen molar-refractivity contribution < 1.29 is 4.79 Å². The summed E-state index contributed by atoms with van der Waals surface area (Å²) in [6.07, 6.45) is 1.49. The highest BCUT2D eigenvalue weighted by Crippen LogP contribution is 2.15. The predicted octanol–water partition coefficient (Wildman–Crippen LogP) is 3.13. The van der Waals surface area contributed by atoms with Gasteiger partial charge in [-0.25, -0.2) is 19.4 Å². The molecule has 3 rings (SSSR count). The molecule has 0 unspecified atom stereocenters. The van der Waals surface area contributed by atoms with Crippen LogP contribution in [-0.4, -0.2) is 38.9 Å². The Morgan fingerprint density at radius 2 is 1.86 bits per heavy atom. The van der Waals surface area contributed by atoms with E-state index in [0.29, 0.717) is 24.7 Å². The second-order valence-electron chi connectivity index (χ2n) is 6.73. The number of rotatable bonds is 6. The van der Waals surface area contributed by atoms with Gasteiger partial charge in [-0.3, -0.25) is 0 Å². The number of amides is 2. The Labute approximate surface area is 164 Å². The Morgan fingerprint density at radius 3 is 2.57 bits per heavy atom. The standard InChI is InChI=1S/C20H25N7O/c1-13-5-6-17(14(2)9-13)25-20(28)22-8-7-21-18-11-19(24-12-23-18)27-16(4)10-15(3)26-27/h5-6,9-12H,7-8H2,1-4H3,(H,21,23,24)(H2,22,25,28). The molecule has 146 valence electrons. The molecule has 2 amide bonds. The summed E-state index contributed by atoms with van der Waals surface area (Å²) in [7, 11) is 0. The molecule has 0 atom stereocenters. The van der Waals surface area contributed by atoms with Crippen LogP contribution >= 0.6 is 0 Å². The number of aryl methyl sites for hydroxylation is 4. The molecule has 0 spiro atoms. The van der Waals surface area contributed by atoms with E-state index in [9.17, 15) is 4.79 Å². The Kier molecular flexibility index (Phi) is 5.88. The second-order valence-corrected chi connectivity index (χ2v) is 6.73. The molecule has 0 saturated heterocycles. The van der Waals surface area contributed by atoms with Gasteiger partial charge in [0.15, 0.2) is 5.82 Å². The normalized spacial score (nSPS) is 10.6. The number of hydrogen-bond acceptors (Lipinski definition) is 5. The molecule has 0 aliphatic rings. The molecule has 0 bridgehead atoms. The maximum absolute atomic E-state index is 12.1. The van der Waals surface area contributed by atoms with Crippen LogP contribution in [0.3, 0.4) is 0 Å². The van der Waals surface area contributed by atoms with Crippen molar-refractivity contribution in [2.75, 3.05) is 23.7 Å². The van der Waals surface area contributed by atoms with Crippen LogP contribution in [0.15, 0.2) is 36.7 Å². The number of urea groups is 1. The van der Waals surface area contributed by atoms with Crippen molar-refractivity contribution in [1.29, 1.82) is 0 Å². The van der Waals surface area contributed by atoms with Crippen molar-refractivity contribution in [2.45, 2.75) is 27.7 Å². The summed E-state index contributed by atoms with van der Waals surface area (Å²) in [6.45, 7) is 8.91. The highest BCUT2D eigenvalue weighted by Gasteiger charge is 2.07. The van der Waals surface area contributed by atoms with Gasteiger partial charge in [0, 0.05) is 30.5 Å². The van der Waals surface area contributed by atoms with Gasteiger partial charge in [0.25, 0.3) is 0 Å². The first kappa shape index (κ1) is 19.3. The van der Waals surface area contributed by atoms with Gasteiger partial charge in [-0.2, -0.15) is 5.10 Å². The van der Waals surface area contributed by atoms with Gasteiger partial charge in [0.05, 0.1) is 5.69 Å². The number of benzene rings is 1. The van der Waals surface area contributed by atoms with Crippen molar-refractivity contribution >= 4 is 17.5 Å². The maximum Gasteiger partial charge on any atom is 0.319 e. The Hall–Kier alpha value is -3.42. The first-order chi connectivity index (χ1) is 13.4. The third-order valence-electron chi connectivity index (χ3n) is 4.23. The fourth-order valence-electron chi connectivity index (χ4n) is 2.91. The summed E-state index contributed by atoms with van der Waals surface area (Å²) in [5.74, 6) is 1.37. The molecular weight excluding hydrogens is 354 g/mol. The molecule has 0 aliphatic carbocycles. The quantitative estimate of drug-likeness (QED) is 0.572. The zero-order valence-corrected chi connectivity index (χ0v) is 16.6. The topological polar surface area (TPSA) is 96.8 Å². The summed E-state index contributed by atoms with van der Waals surface area (Å²) in [4.78, 5) is 20.5. The second kappa shape index (κ2) is 8.51. The minimum atomic E-state index is -0.236.